The Morgan fingerprint density at radius 1 is 1.35 bits per heavy atom. The molecule has 0 bridgehead atoms. The van der Waals surface area contributed by atoms with Crippen molar-refractivity contribution in [3.63, 3.8) is 0 Å². The number of hydrogen-bond acceptors (Lipinski definition) is 3. The molecule has 0 aliphatic carbocycles. The van der Waals surface area contributed by atoms with E-state index < -0.39 is 5.97 Å². The first kappa shape index (κ1) is 13.9. The lowest BCUT2D eigenvalue weighted by molar-refractivity contribution is -0.133. The summed E-state index contributed by atoms with van der Waals surface area (Å²) in [4.78, 5) is 10.4. The lowest BCUT2D eigenvalue weighted by Gasteiger charge is -2.11. The molecule has 0 unspecified atom stereocenters. The molecule has 0 saturated heterocycles. The molecule has 94 valence electrons. The van der Waals surface area contributed by atoms with Gasteiger partial charge >= 0.3 is 5.97 Å². The average molecular weight is 254 g/mol. The number of rotatable bonds is 6. The Kier molecular flexibility index (Phi) is 5.35. The fourth-order valence-electron chi connectivity index (χ4n) is 1.58. The highest BCUT2D eigenvalue weighted by Crippen LogP contribution is 2.24. The normalized spacial score (nSPS) is 10.3. The Labute approximate surface area is 106 Å². The number of carbonyl (C=O) groups is 1. The molecule has 0 heterocycles. The number of methoxy groups -OCH3 is 1. The standard InChI is InChI=1S/C13H18O3S/c1-9-6-11(4-5-17-8-13(14)15)12(16-3)7-10(9)2/h6-7H,4-5,8H2,1-3H3,(H,14,15). The van der Waals surface area contributed by atoms with Crippen LogP contribution in [-0.2, 0) is 11.2 Å². The average Bonchev–Trinajstić information content (AvgIpc) is 2.28. The van der Waals surface area contributed by atoms with Crippen molar-refractivity contribution in [1.29, 1.82) is 0 Å². The number of aliphatic carboxylic acids is 1. The van der Waals surface area contributed by atoms with Crippen molar-refractivity contribution in [2.24, 2.45) is 0 Å². The Morgan fingerprint density at radius 3 is 2.59 bits per heavy atom. The molecule has 4 heteroatoms. The van der Waals surface area contributed by atoms with Crippen LogP contribution in [0.15, 0.2) is 12.1 Å². The first-order valence-electron chi connectivity index (χ1n) is 5.48. The Hall–Kier alpha value is -1.16. The highest BCUT2D eigenvalue weighted by atomic mass is 32.2. The first-order valence-corrected chi connectivity index (χ1v) is 6.63. The Morgan fingerprint density at radius 2 is 2.00 bits per heavy atom. The number of benzene rings is 1. The summed E-state index contributed by atoms with van der Waals surface area (Å²) in [5, 5.41) is 8.55. The molecule has 1 N–H and O–H groups in total. The molecule has 1 aromatic carbocycles. The molecule has 0 aliphatic rings. The van der Waals surface area contributed by atoms with Gasteiger partial charge in [-0.05, 0) is 48.8 Å². The molecule has 1 aromatic rings. The van der Waals surface area contributed by atoms with Crippen LogP contribution in [0.1, 0.15) is 16.7 Å². The number of hydrogen-bond donors (Lipinski definition) is 1. The van der Waals surface area contributed by atoms with E-state index in [4.69, 9.17) is 9.84 Å². The van der Waals surface area contributed by atoms with Crippen LogP contribution in [-0.4, -0.2) is 29.7 Å². The lowest BCUT2D eigenvalue weighted by atomic mass is 10.0. The van der Waals surface area contributed by atoms with Gasteiger partial charge in [0.1, 0.15) is 5.75 Å². The van der Waals surface area contributed by atoms with Crippen molar-refractivity contribution in [3.8, 4) is 5.75 Å². The molecule has 0 saturated carbocycles. The molecule has 0 fully saturated rings. The molecule has 3 nitrogen and oxygen atoms in total. The molecule has 0 aromatic heterocycles. The molecular formula is C13H18O3S. The summed E-state index contributed by atoms with van der Waals surface area (Å²) < 4.78 is 5.33. The van der Waals surface area contributed by atoms with E-state index in [1.165, 1.54) is 22.9 Å². The molecule has 0 aliphatic heterocycles. The smallest absolute Gasteiger partial charge is 0.313 e. The summed E-state index contributed by atoms with van der Waals surface area (Å²) in [5.41, 5.74) is 3.60. The maximum atomic E-state index is 10.4. The first-order chi connectivity index (χ1) is 8.04. The zero-order valence-electron chi connectivity index (χ0n) is 10.4. The van der Waals surface area contributed by atoms with E-state index in [1.54, 1.807) is 7.11 Å². The summed E-state index contributed by atoms with van der Waals surface area (Å²) >= 11 is 1.43. The van der Waals surface area contributed by atoms with E-state index >= 15 is 0 Å². The largest absolute Gasteiger partial charge is 0.496 e. The second kappa shape index (κ2) is 6.55. The van der Waals surface area contributed by atoms with Crippen LogP contribution in [0.3, 0.4) is 0 Å². The molecule has 17 heavy (non-hydrogen) atoms. The highest BCUT2D eigenvalue weighted by Gasteiger charge is 2.06. The number of aryl methyl sites for hydroxylation is 3. The van der Waals surface area contributed by atoms with Gasteiger partial charge in [0.2, 0.25) is 0 Å². The predicted octanol–water partition coefficient (Wildman–Crippen LogP) is 2.67. The Bertz CT molecular complexity index is 402. The van der Waals surface area contributed by atoms with Crippen LogP contribution in [0, 0.1) is 13.8 Å². The van der Waals surface area contributed by atoms with E-state index in [-0.39, 0.29) is 5.75 Å². The number of ether oxygens (including phenoxy) is 1. The van der Waals surface area contributed by atoms with Crippen molar-refractivity contribution in [2.75, 3.05) is 18.6 Å². The van der Waals surface area contributed by atoms with Crippen LogP contribution in [0.4, 0.5) is 0 Å². The minimum absolute atomic E-state index is 0.160. The van der Waals surface area contributed by atoms with E-state index in [0.29, 0.717) is 0 Å². The van der Waals surface area contributed by atoms with Gasteiger partial charge in [-0.3, -0.25) is 4.79 Å². The fraction of sp³-hybridized carbons (Fsp3) is 0.462. The SMILES string of the molecule is COc1cc(C)c(C)cc1CCSCC(=O)O. The summed E-state index contributed by atoms with van der Waals surface area (Å²) in [6.45, 7) is 4.13. The van der Waals surface area contributed by atoms with Gasteiger partial charge in [0, 0.05) is 0 Å². The van der Waals surface area contributed by atoms with Crippen LogP contribution in [0.2, 0.25) is 0 Å². The van der Waals surface area contributed by atoms with Gasteiger partial charge in [-0.1, -0.05) is 6.07 Å². The predicted molar refractivity (Wildman–Crippen MR) is 71.1 cm³/mol. The molecule has 0 amide bonds. The third-order valence-electron chi connectivity index (χ3n) is 2.64. The highest BCUT2D eigenvalue weighted by molar-refractivity contribution is 7.99. The molecule has 0 atom stereocenters. The number of carboxylic acids is 1. The summed E-state index contributed by atoms with van der Waals surface area (Å²) in [6, 6.07) is 4.15. The lowest BCUT2D eigenvalue weighted by Crippen LogP contribution is -2.01. The van der Waals surface area contributed by atoms with E-state index in [2.05, 4.69) is 19.9 Å². The van der Waals surface area contributed by atoms with E-state index in [0.717, 1.165) is 23.5 Å². The summed E-state index contributed by atoms with van der Waals surface area (Å²) in [7, 11) is 1.66. The fourth-order valence-corrected chi connectivity index (χ4v) is 2.26. The minimum atomic E-state index is -0.762. The van der Waals surface area contributed by atoms with Crippen molar-refractivity contribution >= 4 is 17.7 Å². The van der Waals surface area contributed by atoms with Crippen molar-refractivity contribution in [3.05, 3.63) is 28.8 Å². The zero-order valence-corrected chi connectivity index (χ0v) is 11.3. The van der Waals surface area contributed by atoms with Gasteiger partial charge in [-0.15, -0.1) is 11.8 Å². The monoisotopic (exact) mass is 254 g/mol. The van der Waals surface area contributed by atoms with E-state index in [9.17, 15) is 4.79 Å². The number of carboxylic acid groups (broad SMARTS) is 1. The van der Waals surface area contributed by atoms with Gasteiger partial charge in [0.25, 0.3) is 0 Å². The molecule has 0 spiro atoms. The number of thioether (sulfide) groups is 1. The second-order valence-electron chi connectivity index (χ2n) is 3.94. The van der Waals surface area contributed by atoms with E-state index in [1.807, 2.05) is 6.07 Å². The van der Waals surface area contributed by atoms with Gasteiger partial charge in [0.15, 0.2) is 0 Å². The maximum absolute atomic E-state index is 10.4. The third-order valence-corrected chi connectivity index (χ3v) is 3.58. The van der Waals surface area contributed by atoms with Gasteiger partial charge in [-0.25, -0.2) is 0 Å². The van der Waals surface area contributed by atoms with Gasteiger partial charge < -0.3 is 9.84 Å². The minimum Gasteiger partial charge on any atom is -0.496 e. The summed E-state index contributed by atoms with van der Waals surface area (Å²) in [6.07, 6.45) is 0.836. The molecule has 0 radical (unpaired) electrons. The summed E-state index contributed by atoms with van der Waals surface area (Å²) in [5.74, 6) is 1.09. The van der Waals surface area contributed by atoms with Crippen LogP contribution in [0.5, 0.6) is 5.75 Å². The maximum Gasteiger partial charge on any atom is 0.313 e. The second-order valence-corrected chi connectivity index (χ2v) is 5.05. The van der Waals surface area contributed by atoms with Crippen molar-refractivity contribution in [1.82, 2.24) is 0 Å². The molecule has 1 rings (SSSR count). The van der Waals surface area contributed by atoms with Crippen molar-refractivity contribution in [2.45, 2.75) is 20.3 Å². The van der Waals surface area contributed by atoms with Gasteiger partial charge in [0.05, 0.1) is 12.9 Å². The molecular weight excluding hydrogens is 236 g/mol. The quantitative estimate of drug-likeness (QED) is 0.793. The van der Waals surface area contributed by atoms with Crippen molar-refractivity contribution < 1.29 is 14.6 Å². The van der Waals surface area contributed by atoms with Gasteiger partial charge in [-0.2, -0.15) is 0 Å². The third kappa shape index (κ3) is 4.30. The van der Waals surface area contributed by atoms with Crippen LogP contribution < -0.4 is 4.74 Å². The van der Waals surface area contributed by atoms with Crippen LogP contribution in [0.25, 0.3) is 0 Å². The Balaban J connectivity index is 2.63. The van der Waals surface area contributed by atoms with Crippen LogP contribution >= 0.6 is 11.8 Å². The zero-order chi connectivity index (χ0) is 12.8. The topological polar surface area (TPSA) is 46.5 Å².